The maximum Gasteiger partial charge on any atom is 0.323 e. The molecule has 32 heavy (non-hydrogen) atoms. The van der Waals surface area contributed by atoms with Crippen LogP contribution in [0.4, 0.5) is 0 Å². The zero-order valence-electron chi connectivity index (χ0n) is 20.2. The van der Waals surface area contributed by atoms with E-state index in [0.29, 0.717) is 5.75 Å². The number of carbonyl (C=O) groups is 1. The fourth-order valence-electron chi connectivity index (χ4n) is 4.35. The lowest BCUT2D eigenvalue weighted by molar-refractivity contribution is -0.142. The van der Waals surface area contributed by atoms with E-state index in [-0.39, 0.29) is 10.8 Å². The molecular weight excluding hydrogens is 398 g/mol. The van der Waals surface area contributed by atoms with Gasteiger partial charge in [-0.3, -0.25) is 4.79 Å². The summed E-state index contributed by atoms with van der Waals surface area (Å²) in [5, 5.41) is 13.3. The van der Waals surface area contributed by atoms with E-state index in [0.717, 1.165) is 33.0 Å². The molecule has 2 atom stereocenters. The third-order valence-corrected chi connectivity index (χ3v) is 6.10. The molecular formula is C28H35NO3. The summed E-state index contributed by atoms with van der Waals surface area (Å²) < 4.78 is 5.05. The van der Waals surface area contributed by atoms with Crippen LogP contribution < -0.4 is 5.73 Å². The van der Waals surface area contributed by atoms with Crippen molar-refractivity contribution in [3.05, 3.63) is 76.9 Å². The van der Waals surface area contributed by atoms with Crippen LogP contribution in [0.1, 0.15) is 69.7 Å². The SMILES string of the molecule is COC(=O)[C@@H](N)[C@H](c1cc(C(C)(C)C)c(O)c(C(C)(C)C)c1)c1cccc2ccccc12. The molecule has 0 radical (unpaired) electrons. The number of aromatic hydroxyl groups is 1. The van der Waals surface area contributed by atoms with Crippen molar-refractivity contribution < 1.29 is 14.6 Å². The summed E-state index contributed by atoms with van der Waals surface area (Å²) in [7, 11) is 1.36. The van der Waals surface area contributed by atoms with Crippen LogP contribution in [0.3, 0.4) is 0 Å². The summed E-state index contributed by atoms with van der Waals surface area (Å²) in [5.41, 5.74) is 9.49. The van der Waals surface area contributed by atoms with Crippen LogP contribution in [0.5, 0.6) is 5.75 Å². The van der Waals surface area contributed by atoms with Gasteiger partial charge in [-0.15, -0.1) is 0 Å². The van der Waals surface area contributed by atoms with E-state index in [4.69, 9.17) is 10.5 Å². The topological polar surface area (TPSA) is 72.5 Å². The van der Waals surface area contributed by atoms with Gasteiger partial charge in [-0.2, -0.15) is 0 Å². The molecule has 0 saturated heterocycles. The number of carbonyl (C=O) groups excluding carboxylic acids is 1. The van der Waals surface area contributed by atoms with E-state index in [2.05, 4.69) is 59.7 Å². The van der Waals surface area contributed by atoms with Gasteiger partial charge in [0, 0.05) is 5.92 Å². The molecule has 0 amide bonds. The molecule has 4 nitrogen and oxygen atoms in total. The van der Waals surface area contributed by atoms with Crippen molar-refractivity contribution in [1.29, 1.82) is 0 Å². The Morgan fingerprint density at radius 2 is 1.44 bits per heavy atom. The van der Waals surface area contributed by atoms with Crippen LogP contribution in [-0.4, -0.2) is 24.2 Å². The summed E-state index contributed by atoms with van der Waals surface area (Å²) in [6, 6.07) is 17.3. The second-order valence-electron chi connectivity index (χ2n) is 10.6. The van der Waals surface area contributed by atoms with E-state index in [1.807, 2.05) is 36.4 Å². The van der Waals surface area contributed by atoms with Crippen molar-refractivity contribution >= 4 is 16.7 Å². The fourth-order valence-corrected chi connectivity index (χ4v) is 4.35. The molecule has 0 unspecified atom stereocenters. The number of hydrogen-bond donors (Lipinski definition) is 2. The molecule has 0 aromatic heterocycles. The van der Waals surface area contributed by atoms with Gasteiger partial charge in [-0.25, -0.2) is 0 Å². The van der Waals surface area contributed by atoms with Crippen LogP contribution in [0.15, 0.2) is 54.6 Å². The lowest BCUT2D eigenvalue weighted by atomic mass is 9.74. The molecule has 0 heterocycles. The Balaban J connectivity index is 2.39. The predicted octanol–water partition coefficient (Wildman–Crippen LogP) is 5.77. The second kappa shape index (κ2) is 8.59. The first-order chi connectivity index (χ1) is 14.9. The molecule has 0 fully saturated rings. The minimum Gasteiger partial charge on any atom is -0.507 e. The zero-order valence-corrected chi connectivity index (χ0v) is 20.2. The number of hydrogen-bond acceptors (Lipinski definition) is 4. The first kappa shape index (κ1) is 23.8. The van der Waals surface area contributed by atoms with Crippen molar-refractivity contribution in [3.63, 3.8) is 0 Å². The molecule has 0 spiro atoms. The molecule has 0 bridgehead atoms. The highest BCUT2D eigenvalue weighted by Crippen LogP contribution is 2.43. The van der Waals surface area contributed by atoms with Crippen LogP contribution in [0.2, 0.25) is 0 Å². The number of rotatable bonds is 4. The number of phenolic OH excluding ortho intramolecular Hbond substituents is 1. The van der Waals surface area contributed by atoms with E-state index in [1.165, 1.54) is 7.11 Å². The van der Waals surface area contributed by atoms with Crippen molar-refractivity contribution in [2.75, 3.05) is 7.11 Å². The lowest BCUT2D eigenvalue weighted by Crippen LogP contribution is -2.38. The summed E-state index contributed by atoms with van der Waals surface area (Å²) in [5.74, 6) is -0.598. The maximum absolute atomic E-state index is 12.7. The van der Waals surface area contributed by atoms with Crippen LogP contribution in [0.25, 0.3) is 10.8 Å². The van der Waals surface area contributed by atoms with Gasteiger partial charge in [0.25, 0.3) is 0 Å². The highest BCUT2D eigenvalue weighted by atomic mass is 16.5. The maximum atomic E-state index is 12.7. The van der Waals surface area contributed by atoms with Gasteiger partial charge in [0.1, 0.15) is 11.8 Å². The number of nitrogens with two attached hydrogens (primary N) is 1. The fraction of sp³-hybridized carbons (Fsp3) is 0.393. The average molecular weight is 434 g/mol. The summed E-state index contributed by atoms with van der Waals surface area (Å²) in [4.78, 5) is 12.7. The molecule has 3 aromatic carbocycles. The quantitative estimate of drug-likeness (QED) is 0.512. The first-order valence-corrected chi connectivity index (χ1v) is 11.0. The number of phenols is 1. The van der Waals surface area contributed by atoms with Crippen LogP contribution >= 0.6 is 0 Å². The Labute approximate surface area is 191 Å². The van der Waals surface area contributed by atoms with Gasteiger partial charge >= 0.3 is 5.97 Å². The molecule has 0 saturated carbocycles. The minimum atomic E-state index is -0.893. The highest BCUT2D eigenvalue weighted by Gasteiger charge is 2.34. The minimum absolute atomic E-state index is 0.293. The Morgan fingerprint density at radius 1 is 0.906 bits per heavy atom. The second-order valence-corrected chi connectivity index (χ2v) is 10.6. The lowest BCUT2D eigenvalue weighted by Gasteiger charge is -2.31. The number of ether oxygens (including phenoxy) is 1. The number of benzene rings is 3. The Morgan fingerprint density at radius 3 is 1.97 bits per heavy atom. The molecule has 3 rings (SSSR count). The summed E-state index contributed by atoms with van der Waals surface area (Å²) in [6.07, 6.45) is 0. The standard InChI is InChI=1S/C28H35NO3/c1-27(2,3)21-15-18(16-22(25(21)30)28(4,5)6)23(24(29)26(31)32-7)20-14-10-12-17-11-8-9-13-19(17)20/h8-16,23-24,30H,29H2,1-7H3/t23-,24+/m1/s1. The number of esters is 1. The zero-order chi connectivity index (χ0) is 23.8. The van der Waals surface area contributed by atoms with Crippen molar-refractivity contribution in [2.45, 2.75) is 64.3 Å². The van der Waals surface area contributed by atoms with E-state index >= 15 is 0 Å². The van der Waals surface area contributed by atoms with Gasteiger partial charge in [0.15, 0.2) is 0 Å². The van der Waals surface area contributed by atoms with E-state index in [1.54, 1.807) is 0 Å². The van der Waals surface area contributed by atoms with Gasteiger partial charge in [0.05, 0.1) is 7.11 Å². The van der Waals surface area contributed by atoms with Gasteiger partial charge in [0.2, 0.25) is 0 Å². The molecule has 0 aliphatic heterocycles. The molecule has 3 N–H and O–H groups in total. The summed E-state index contributed by atoms with van der Waals surface area (Å²) >= 11 is 0. The molecule has 4 heteroatoms. The van der Waals surface area contributed by atoms with Gasteiger partial charge < -0.3 is 15.6 Å². The summed E-state index contributed by atoms with van der Waals surface area (Å²) in [6.45, 7) is 12.4. The highest BCUT2D eigenvalue weighted by molar-refractivity contribution is 5.88. The molecule has 3 aromatic rings. The number of methoxy groups -OCH3 is 1. The van der Waals surface area contributed by atoms with Crippen LogP contribution in [0, 0.1) is 0 Å². The van der Waals surface area contributed by atoms with Gasteiger partial charge in [-0.05, 0) is 43.9 Å². The number of fused-ring (bicyclic) bond motifs is 1. The van der Waals surface area contributed by atoms with Gasteiger partial charge in [-0.1, -0.05) is 96.1 Å². The Hall–Kier alpha value is -2.85. The normalized spacial score (nSPS) is 14.2. The molecule has 0 aliphatic rings. The smallest absolute Gasteiger partial charge is 0.323 e. The van der Waals surface area contributed by atoms with Crippen LogP contribution in [-0.2, 0) is 20.4 Å². The van der Waals surface area contributed by atoms with Crippen molar-refractivity contribution in [2.24, 2.45) is 5.73 Å². The predicted molar refractivity (Wildman–Crippen MR) is 131 cm³/mol. The largest absolute Gasteiger partial charge is 0.507 e. The third-order valence-electron chi connectivity index (χ3n) is 6.10. The monoisotopic (exact) mass is 433 g/mol. The van der Waals surface area contributed by atoms with Crippen molar-refractivity contribution in [1.82, 2.24) is 0 Å². The Bertz CT molecular complexity index is 1100. The van der Waals surface area contributed by atoms with E-state index < -0.39 is 17.9 Å². The average Bonchev–Trinajstić information content (AvgIpc) is 2.72. The van der Waals surface area contributed by atoms with E-state index in [9.17, 15) is 9.90 Å². The van der Waals surface area contributed by atoms with Crippen molar-refractivity contribution in [3.8, 4) is 5.75 Å². The Kier molecular flexibility index (Phi) is 6.39. The molecule has 170 valence electrons. The first-order valence-electron chi connectivity index (χ1n) is 11.0. The molecule has 0 aliphatic carbocycles. The third kappa shape index (κ3) is 4.51.